The van der Waals surface area contributed by atoms with Gasteiger partial charge in [-0.15, -0.1) is 0 Å². The van der Waals surface area contributed by atoms with Crippen molar-refractivity contribution in [3.8, 4) is 0 Å². The maximum atomic E-state index is 13.8. The third-order valence-corrected chi connectivity index (χ3v) is 7.45. The average molecular weight is 519 g/mol. The van der Waals surface area contributed by atoms with E-state index in [-0.39, 0.29) is 5.69 Å². The number of H-pyrrole nitrogens is 1. The molecule has 2 aliphatic rings. The highest BCUT2D eigenvalue weighted by Crippen LogP contribution is 2.39. The number of anilines is 3. The molecule has 6 rings (SSSR count). The summed E-state index contributed by atoms with van der Waals surface area (Å²) < 4.78 is 41.5. The largest absolute Gasteiger partial charge is 0.419 e. The van der Waals surface area contributed by atoms with E-state index in [0.29, 0.717) is 25.3 Å². The number of benzene rings is 2. The molecule has 0 saturated heterocycles. The molecule has 4 aromatic rings. The summed E-state index contributed by atoms with van der Waals surface area (Å²) in [7, 11) is 0. The van der Waals surface area contributed by atoms with Crippen LogP contribution in [-0.4, -0.2) is 39.5 Å². The molecule has 0 spiro atoms. The highest BCUT2D eigenvalue weighted by Gasteiger charge is 2.36. The second kappa shape index (κ2) is 10.1. The van der Waals surface area contributed by atoms with Crippen molar-refractivity contribution in [2.24, 2.45) is 0 Å². The summed E-state index contributed by atoms with van der Waals surface area (Å²) in [6.07, 6.45) is 0.712. The fraction of sp³-hybridized carbons (Fsp3) is 0.310. The summed E-state index contributed by atoms with van der Waals surface area (Å²) in [6.45, 7) is 3.71. The van der Waals surface area contributed by atoms with Crippen LogP contribution in [0.4, 0.5) is 30.4 Å². The van der Waals surface area contributed by atoms with Crippen molar-refractivity contribution in [3.63, 3.8) is 0 Å². The number of halogens is 3. The number of aromatic amines is 1. The van der Waals surface area contributed by atoms with E-state index in [9.17, 15) is 13.2 Å². The van der Waals surface area contributed by atoms with Crippen LogP contribution in [0, 0.1) is 0 Å². The number of alkyl halides is 3. The minimum atomic E-state index is -4.49. The molecule has 2 aromatic carbocycles. The molecule has 0 saturated carbocycles. The monoisotopic (exact) mass is 518 g/mol. The van der Waals surface area contributed by atoms with Crippen LogP contribution in [-0.2, 0) is 38.5 Å². The molecule has 196 valence electrons. The summed E-state index contributed by atoms with van der Waals surface area (Å²) in [5, 5.41) is 3.19. The summed E-state index contributed by atoms with van der Waals surface area (Å²) in [6, 6.07) is 18.2. The molecule has 0 bridgehead atoms. The van der Waals surface area contributed by atoms with Gasteiger partial charge in [-0.25, -0.2) is 9.97 Å². The van der Waals surface area contributed by atoms with Gasteiger partial charge in [0.05, 0.1) is 35.5 Å². The Bertz CT molecular complexity index is 1390. The van der Waals surface area contributed by atoms with E-state index >= 15 is 0 Å². The van der Waals surface area contributed by atoms with Gasteiger partial charge >= 0.3 is 6.18 Å². The van der Waals surface area contributed by atoms with Crippen LogP contribution in [0.15, 0.2) is 67.1 Å². The lowest BCUT2D eigenvalue weighted by atomic mass is 10.0. The van der Waals surface area contributed by atoms with Crippen LogP contribution in [0.5, 0.6) is 0 Å². The Hall–Kier alpha value is -3.85. The first kappa shape index (κ1) is 24.5. The van der Waals surface area contributed by atoms with Crippen LogP contribution < -0.4 is 10.2 Å². The SMILES string of the molecule is FC(F)(F)c1cnc(Nc2ccc(CN3CCc4ccccc4CC3)cc2)cc1N1CCc2nc[nH]c2C1. The minimum Gasteiger partial charge on any atom is -0.365 e. The van der Waals surface area contributed by atoms with E-state index in [0.717, 1.165) is 55.7 Å². The average Bonchev–Trinajstić information content (AvgIpc) is 3.30. The number of aromatic nitrogens is 3. The number of pyridine rings is 1. The molecule has 0 amide bonds. The smallest absolute Gasteiger partial charge is 0.365 e. The predicted molar refractivity (Wildman–Crippen MR) is 141 cm³/mol. The number of rotatable bonds is 5. The fourth-order valence-corrected chi connectivity index (χ4v) is 5.38. The Kier molecular flexibility index (Phi) is 6.53. The third-order valence-electron chi connectivity index (χ3n) is 7.45. The third kappa shape index (κ3) is 5.24. The molecule has 0 atom stereocenters. The molecule has 4 heterocycles. The highest BCUT2D eigenvalue weighted by molar-refractivity contribution is 5.65. The predicted octanol–water partition coefficient (Wildman–Crippen LogP) is 5.73. The Labute approximate surface area is 219 Å². The zero-order valence-electron chi connectivity index (χ0n) is 20.9. The Morgan fingerprint density at radius 1 is 0.895 bits per heavy atom. The molecule has 9 heteroatoms. The molecule has 38 heavy (non-hydrogen) atoms. The maximum absolute atomic E-state index is 13.8. The molecule has 0 aliphatic carbocycles. The van der Waals surface area contributed by atoms with Gasteiger partial charge in [-0.05, 0) is 41.7 Å². The van der Waals surface area contributed by atoms with Gasteiger partial charge in [-0.1, -0.05) is 36.4 Å². The number of imidazole rings is 1. The minimum absolute atomic E-state index is 0.119. The van der Waals surface area contributed by atoms with Gasteiger partial charge < -0.3 is 15.2 Å². The lowest BCUT2D eigenvalue weighted by molar-refractivity contribution is -0.137. The Morgan fingerprint density at radius 2 is 1.63 bits per heavy atom. The molecule has 2 N–H and O–H groups in total. The van der Waals surface area contributed by atoms with Gasteiger partial charge in [0.1, 0.15) is 5.82 Å². The van der Waals surface area contributed by atoms with Crippen LogP contribution in [0.2, 0.25) is 0 Å². The van der Waals surface area contributed by atoms with Crippen LogP contribution in [0.3, 0.4) is 0 Å². The Balaban J connectivity index is 1.15. The molecule has 2 aliphatic heterocycles. The summed E-state index contributed by atoms with van der Waals surface area (Å²) >= 11 is 0. The van der Waals surface area contributed by atoms with Crippen molar-refractivity contribution in [1.82, 2.24) is 19.9 Å². The molecular weight excluding hydrogens is 489 g/mol. The number of nitrogens with zero attached hydrogens (tertiary/aromatic N) is 4. The summed E-state index contributed by atoms with van der Waals surface area (Å²) in [5.74, 6) is 0.376. The lowest BCUT2D eigenvalue weighted by Crippen LogP contribution is -2.32. The molecular formula is C29H29F3N6. The van der Waals surface area contributed by atoms with E-state index in [1.165, 1.54) is 22.8 Å². The molecule has 6 nitrogen and oxygen atoms in total. The van der Waals surface area contributed by atoms with Gasteiger partial charge in [-0.3, -0.25) is 4.90 Å². The first-order valence-corrected chi connectivity index (χ1v) is 12.9. The topological polar surface area (TPSA) is 60.1 Å². The van der Waals surface area contributed by atoms with E-state index < -0.39 is 11.7 Å². The number of fused-ring (bicyclic) bond motifs is 2. The highest BCUT2D eigenvalue weighted by atomic mass is 19.4. The zero-order valence-corrected chi connectivity index (χ0v) is 20.9. The quantitative estimate of drug-likeness (QED) is 0.353. The van der Waals surface area contributed by atoms with Crippen molar-refractivity contribution in [2.75, 3.05) is 29.9 Å². The second-order valence-electron chi connectivity index (χ2n) is 9.95. The van der Waals surface area contributed by atoms with E-state index in [1.807, 2.05) is 12.1 Å². The zero-order chi connectivity index (χ0) is 26.1. The van der Waals surface area contributed by atoms with Crippen molar-refractivity contribution in [2.45, 2.75) is 38.5 Å². The lowest BCUT2D eigenvalue weighted by Gasteiger charge is -2.30. The summed E-state index contributed by atoms with van der Waals surface area (Å²) in [4.78, 5) is 15.6. The maximum Gasteiger partial charge on any atom is 0.419 e. The van der Waals surface area contributed by atoms with E-state index in [2.05, 4.69) is 61.6 Å². The van der Waals surface area contributed by atoms with Gasteiger partial charge in [-0.2, -0.15) is 13.2 Å². The molecule has 2 aromatic heterocycles. The number of hydrogen-bond acceptors (Lipinski definition) is 5. The van der Waals surface area contributed by atoms with Crippen LogP contribution in [0.25, 0.3) is 0 Å². The van der Waals surface area contributed by atoms with E-state index in [1.54, 1.807) is 11.2 Å². The van der Waals surface area contributed by atoms with Gasteiger partial charge in [0.25, 0.3) is 0 Å². The molecule has 0 unspecified atom stereocenters. The van der Waals surface area contributed by atoms with Crippen molar-refractivity contribution in [1.29, 1.82) is 0 Å². The van der Waals surface area contributed by atoms with Gasteiger partial charge in [0.15, 0.2) is 0 Å². The number of nitrogens with one attached hydrogen (secondary N) is 2. The van der Waals surface area contributed by atoms with Crippen molar-refractivity contribution in [3.05, 3.63) is 101 Å². The first-order valence-electron chi connectivity index (χ1n) is 12.9. The first-order chi connectivity index (χ1) is 18.4. The van der Waals surface area contributed by atoms with Gasteiger partial charge in [0.2, 0.25) is 0 Å². The summed E-state index contributed by atoms with van der Waals surface area (Å²) in [5.41, 5.74) is 6.00. The number of hydrogen-bond donors (Lipinski definition) is 2. The van der Waals surface area contributed by atoms with Crippen LogP contribution in [0.1, 0.15) is 33.6 Å². The van der Waals surface area contributed by atoms with Crippen molar-refractivity contribution >= 4 is 17.2 Å². The van der Waals surface area contributed by atoms with E-state index in [4.69, 9.17) is 0 Å². The Morgan fingerprint density at radius 3 is 2.34 bits per heavy atom. The standard InChI is InChI=1S/C29H29F3N6/c30-29(31,32)24-16-33-28(15-27(24)38-14-11-25-26(18-38)35-19-34-25)36-23-7-5-20(6-8-23)17-37-12-9-21-3-1-2-4-22(21)10-13-37/h1-8,15-16,19H,9-14,17-18H2,(H,33,36)(H,34,35). The molecule has 0 radical (unpaired) electrons. The van der Waals surface area contributed by atoms with Crippen molar-refractivity contribution < 1.29 is 13.2 Å². The molecule has 0 fully saturated rings. The fourth-order valence-electron chi connectivity index (χ4n) is 5.38. The normalized spacial score (nSPS) is 16.0. The second-order valence-corrected chi connectivity index (χ2v) is 9.95. The van der Waals surface area contributed by atoms with Crippen LogP contribution >= 0.6 is 0 Å². The van der Waals surface area contributed by atoms with Gasteiger partial charge in [0, 0.05) is 50.6 Å².